The molecule has 1 aliphatic heterocycles. The van der Waals surface area contributed by atoms with Crippen LogP contribution in [-0.2, 0) is 9.53 Å². The summed E-state index contributed by atoms with van der Waals surface area (Å²) in [6, 6.07) is 3.21. The van der Waals surface area contributed by atoms with Crippen molar-refractivity contribution >= 4 is 23.5 Å². The predicted octanol–water partition coefficient (Wildman–Crippen LogP) is 1.94. The second-order valence-corrected chi connectivity index (χ2v) is 5.66. The fourth-order valence-electron chi connectivity index (χ4n) is 2.06. The molecule has 7 heteroatoms. The Hall–Kier alpha value is -1.95. The number of nitrogens with one attached hydrogen (secondary N) is 1. The van der Waals surface area contributed by atoms with Crippen LogP contribution in [-0.4, -0.2) is 37.7 Å². The van der Waals surface area contributed by atoms with E-state index in [2.05, 4.69) is 5.32 Å². The van der Waals surface area contributed by atoms with Gasteiger partial charge in [0, 0.05) is 12.5 Å². The van der Waals surface area contributed by atoms with Crippen molar-refractivity contribution in [3.8, 4) is 11.5 Å². The van der Waals surface area contributed by atoms with Crippen LogP contribution in [0.15, 0.2) is 12.1 Å². The lowest BCUT2D eigenvalue weighted by atomic mass is 10.2. The largest absolute Gasteiger partial charge is 0.489 e. The minimum atomic E-state index is -0.622. The molecule has 2 aliphatic rings. The number of benzene rings is 1. The number of amides is 1. The van der Waals surface area contributed by atoms with Crippen molar-refractivity contribution in [3.05, 3.63) is 22.7 Å². The smallest absolute Gasteiger partial charge is 0.338 e. The number of halogens is 1. The van der Waals surface area contributed by atoms with Crippen LogP contribution in [0.1, 0.15) is 29.6 Å². The maximum Gasteiger partial charge on any atom is 0.338 e. The van der Waals surface area contributed by atoms with Crippen LogP contribution < -0.4 is 14.8 Å². The Kier molecular flexibility index (Phi) is 4.38. The monoisotopic (exact) mass is 325 g/mol. The van der Waals surface area contributed by atoms with Crippen molar-refractivity contribution < 1.29 is 23.8 Å². The molecule has 1 fully saturated rings. The molecule has 6 nitrogen and oxygen atoms in total. The van der Waals surface area contributed by atoms with Gasteiger partial charge in [-0.3, -0.25) is 4.79 Å². The molecule has 0 aromatic heterocycles. The topological polar surface area (TPSA) is 73.9 Å². The first-order chi connectivity index (χ1) is 10.6. The molecule has 0 unspecified atom stereocenters. The van der Waals surface area contributed by atoms with E-state index in [0.29, 0.717) is 24.7 Å². The van der Waals surface area contributed by atoms with Crippen LogP contribution in [0.3, 0.4) is 0 Å². The van der Waals surface area contributed by atoms with Crippen LogP contribution in [0.5, 0.6) is 11.5 Å². The summed E-state index contributed by atoms with van der Waals surface area (Å²) in [5, 5.41) is 3.03. The number of ether oxygens (including phenoxy) is 3. The first-order valence-electron chi connectivity index (χ1n) is 7.19. The highest BCUT2D eigenvalue weighted by Gasteiger charge is 2.24. The number of carbonyl (C=O) groups excluding carboxylic acids is 2. The van der Waals surface area contributed by atoms with Crippen molar-refractivity contribution in [3.63, 3.8) is 0 Å². The van der Waals surface area contributed by atoms with Crippen LogP contribution in [0.4, 0.5) is 0 Å². The third-order valence-electron chi connectivity index (χ3n) is 3.31. The van der Waals surface area contributed by atoms with E-state index in [1.54, 1.807) is 0 Å². The van der Waals surface area contributed by atoms with E-state index in [9.17, 15) is 9.59 Å². The van der Waals surface area contributed by atoms with E-state index < -0.39 is 5.97 Å². The Morgan fingerprint density at radius 3 is 2.82 bits per heavy atom. The molecule has 0 saturated heterocycles. The van der Waals surface area contributed by atoms with Crippen molar-refractivity contribution in [1.82, 2.24) is 5.32 Å². The zero-order valence-electron chi connectivity index (χ0n) is 11.9. The summed E-state index contributed by atoms with van der Waals surface area (Å²) < 4.78 is 16.0. The van der Waals surface area contributed by atoms with Gasteiger partial charge in [-0.15, -0.1) is 0 Å². The summed E-state index contributed by atoms with van der Waals surface area (Å²) in [5.74, 6) is -0.0682. The molecule has 22 heavy (non-hydrogen) atoms. The van der Waals surface area contributed by atoms with Gasteiger partial charge in [-0.2, -0.15) is 0 Å². The minimum absolute atomic E-state index is 0.230. The Labute approximate surface area is 132 Å². The Bertz CT molecular complexity index is 600. The molecule has 0 atom stereocenters. The molecule has 1 aromatic carbocycles. The molecule has 0 bridgehead atoms. The van der Waals surface area contributed by atoms with E-state index in [4.69, 9.17) is 25.8 Å². The average Bonchev–Trinajstić information content (AvgIpc) is 3.31. The lowest BCUT2D eigenvalue weighted by Crippen LogP contribution is -2.30. The molecule has 1 amide bonds. The van der Waals surface area contributed by atoms with E-state index >= 15 is 0 Å². The summed E-state index contributed by atoms with van der Waals surface area (Å²) >= 11 is 6.11. The molecule has 0 spiro atoms. The Morgan fingerprint density at radius 1 is 1.27 bits per heavy atom. The van der Waals surface area contributed by atoms with Crippen molar-refractivity contribution in [1.29, 1.82) is 0 Å². The van der Waals surface area contributed by atoms with Crippen molar-refractivity contribution in [2.24, 2.45) is 0 Å². The Morgan fingerprint density at radius 2 is 2.05 bits per heavy atom. The zero-order valence-corrected chi connectivity index (χ0v) is 12.6. The quantitative estimate of drug-likeness (QED) is 0.856. The number of fused-ring (bicyclic) bond motifs is 1. The number of hydrogen-bond donors (Lipinski definition) is 1. The SMILES string of the molecule is O=C(COC(=O)c1cc(Cl)c2c(c1)OCCCO2)NC1CC1. The zero-order chi connectivity index (χ0) is 15.5. The molecule has 1 aromatic rings. The van der Waals surface area contributed by atoms with Crippen molar-refractivity contribution in [2.75, 3.05) is 19.8 Å². The van der Waals surface area contributed by atoms with Gasteiger partial charge in [0.05, 0.1) is 23.8 Å². The second-order valence-electron chi connectivity index (χ2n) is 5.25. The Balaban J connectivity index is 1.65. The van der Waals surface area contributed by atoms with Gasteiger partial charge in [0.2, 0.25) is 0 Å². The molecule has 1 N–H and O–H groups in total. The van der Waals surface area contributed by atoms with Gasteiger partial charge >= 0.3 is 5.97 Å². The van der Waals surface area contributed by atoms with Gasteiger partial charge in [0.25, 0.3) is 5.91 Å². The van der Waals surface area contributed by atoms with Gasteiger partial charge in [-0.05, 0) is 25.0 Å². The number of hydrogen-bond acceptors (Lipinski definition) is 5. The van der Waals surface area contributed by atoms with E-state index in [1.807, 2.05) is 0 Å². The van der Waals surface area contributed by atoms with E-state index in [1.165, 1.54) is 12.1 Å². The van der Waals surface area contributed by atoms with Gasteiger partial charge in [-0.25, -0.2) is 4.79 Å². The molecule has 3 rings (SSSR count). The average molecular weight is 326 g/mol. The van der Waals surface area contributed by atoms with Gasteiger partial charge < -0.3 is 19.5 Å². The standard InChI is InChI=1S/C15H16ClNO5/c16-11-6-9(7-12-14(11)21-5-1-4-20-12)15(19)22-8-13(18)17-10-2-3-10/h6-7,10H,1-5,8H2,(H,17,18). The summed E-state index contributed by atoms with van der Waals surface area (Å²) in [5.41, 5.74) is 0.230. The molecule has 1 heterocycles. The first kappa shape index (κ1) is 15.0. The highest BCUT2D eigenvalue weighted by molar-refractivity contribution is 6.32. The van der Waals surface area contributed by atoms with Gasteiger partial charge in [0.1, 0.15) is 0 Å². The number of esters is 1. The molecular weight excluding hydrogens is 310 g/mol. The maximum absolute atomic E-state index is 12.0. The van der Waals surface area contributed by atoms with Crippen LogP contribution >= 0.6 is 11.6 Å². The highest BCUT2D eigenvalue weighted by atomic mass is 35.5. The normalized spacial score (nSPS) is 16.6. The molecule has 0 radical (unpaired) electrons. The minimum Gasteiger partial charge on any atom is -0.489 e. The first-order valence-corrected chi connectivity index (χ1v) is 7.57. The molecule has 1 aliphatic carbocycles. The summed E-state index contributed by atoms with van der Waals surface area (Å²) in [6.07, 6.45) is 2.71. The predicted molar refractivity (Wildman–Crippen MR) is 78.5 cm³/mol. The molecule has 118 valence electrons. The summed E-state index contributed by atoms with van der Waals surface area (Å²) in [7, 11) is 0. The maximum atomic E-state index is 12.0. The number of carbonyl (C=O) groups is 2. The van der Waals surface area contributed by atoms with E-state index in [-0.39, 0.29) is 29.1 Å². The molecular formula is C15H16ClNO5. The van der Waals surface area contributed by atoms with Gasteiger partial charge in [0.15, 0.2) is 18.1 Å². The van der Waals surface area contributed by atoms with Crippen LogP contribution in [0.25, 0.3) is 0 Å². The third kappa shape index (κ3) is 3.62. The van der Waals surface area contributed by atoms with Crippen molar-refractivity contribution in [2.45, 2.75) is 25.3 Å². The third-order valence-corrected chi connectivity index (χ3v) is 3.60. The van der Waals surface area contributed by atoms with E-state index in [0.717, 1.165) is 19.3 Å². The lowest BCUT2D eigenvalue weighted by Gasteiger charge is -2.11. The van der Waals surface area contributed by atoms with Gasteiger partial charge in [-0.1, -0.05) is 11.6 Å². The summed E-state index contributed by atoms with van der Waals surface area (Å²) in [4.78, 5) is 23.5. The number of rotatable bonds is 4. The fraction of sp³-hybridized carbons (Fsp3) is 0.467. The van der Waals surface area contributed by atoms with Crippen LogP contribution in [0.2, 0.25) is 5.02 Å². The summed E-state index contributed by atoms with van der Waals surface area (Å²) in [6.45, 7) is 0.699. The van der Waals surface area contributed by atoms with Crippen LogP contribution in [0, 0.1) is 0 Å². The molecule has 1 saturated carbocycles. The lowest BCUT2D eigenvalue weighted by molar-refractivity contribution is -0.124. The fourth-order valence-corrected chi connectivity index (χ4v) is 2.33. The highest BCUT2D eigenvalue weighted by Crippen LogP contribution is 2.38. The second kappa shape index (κ2) is 6.44.